The zero-order valence-electron chi connectivity index (χ0n) is 14.0. The Balaban J connectivity index is 1.56. The second kappa shape index (κ2) is 6.03. The Morgan fingerprint density at radius 3 is 2.69 bits per heavy atom. The summed E-state index contributed by atoms with van der Waals surface area (Å²) in [6.07, 6.45) is 1.72. The molecular formula is C19H16N4O3. The summed E-state index contributed by atoms with van der Waals surface area (Å²) in [5.74, 6) is 0.149. The topological polar surface area (TPSA) is 96.2 Å². The number of nitrogens with zero attached hydrogens (tertiary/aromatic N) is 2. The number of aryl methyl sites for hydroxylation is 1. The number of phenolic OH excluding ortho intramolecular Hbond substituents is 1. The maximum Gasteiger partial charge on any atom is 0.253 e. The van der Waals surface area contributed by atoms with Crippen LogP contribution in [-0.2, 0) is 13.6 Å². The highest BCUT2D eigenvalue weighted by atomic mass is 16.3. The largest absolute Gasteiger partial charge is 0.508 e. The number of nitrogens with one attached hydrogen (secondary N) is 2. The SMILES string of the molecule is Cn1cnc2cc(Nc3c(NCc4cccc(O)c4)c(=O)c3=O)ccc21. The molecule has 1 heterocycles. The third-order valence-corrected chi connectivity index (χ3v) is 4.28. The fraction of sp³-hybridized carbons (Fsp3) is 0.105. The molecule has 0 bridgehead atoms. The zero-order chi connectivity index (χ0) is 18.3. The van der Waals surface area contributed by atoms with E-state index in [9.17, 15) is 14.7 Å². The monoisotopic (exact) mass is 348 g/mol. The molecule has 0 atom stereocenters. The van der Waals surface area contributed by atoms with Gasteiger partial charge in [-0.2, -0.15) is 0 Å². The van der Waals surface area contributed by atoms with Crippen molar-refractivity contribution in [3.8, 4) is 5.75 Å². The molecule has 4 rings (SSSR count). The van der Waals surface area contributed by atoms with Crippen LogP contribution in [0.5, 0.6) is 5.75 Å². The predicted molar refractivity (Wildman–Crippen MR) is 101 cm³/mol. The van der Waals surface area contributed by atoms with Crippen LogP contribution < -0.4 is 21.5 Å². The average molecular weight is 348 g/mol. The zero-order valence-corrected chi connectivity index (χ0v) is 14.0. The van der Waals surface area contributed by atoms with Crippen LogP contribution in [0.1, 0.15) is 5.56 Å². The molecule has 0 aliphatic rings. The second-order valence-corrected chi connectivity index (χ2v) is 6.12. The molecule has 0 saturated carbocycles. The van der Waals surface area contributed by atoms with E-state index in [1.54, 1.807) is 24.5 Å². The van der Waals surface area contributed by atoms with E-state index in [0.29, 0.717) is 12.2 Å². The van der Waals surface area contributed by atoms with Crippen molar-refractivity contribution in [2.24, 2.45) is 7.05 Å². The average Bonchev–Trinajstić information content (AvgIpc) is 3.01. The lowest BCUT2D eigenvalue weighted by Gasteiger charge is -2.15. The first-order chi connectivity index (χ1) is 12.5. The highest BCUT2D eigenvalue weighted by Gasteiger charge is 2.21. The summed E-state index contributed by atoms with van der Waals surface area (Å²) in [5.41, 5.74) is 2.65. The Hall–Kier alpha value is -3.61. The third kappa shape index (κ3) is 2.69. The molecule has 0 aliphatic heterocycles. The van der Waals surface area contributed by atoms with E-state index in [-0.39, 0.29) is 17.1 Å². The standard InChI is InChI=1S/C19H16N4O3/c1-23-10-21-14-8-12(5-6-15(14)23)22-17-16(18(25)19(17)26)20-9-11-3-2-4-13(24)7-11/h2-8,10,20,22,24H,9H2,1H3. The molecular weight excluding hydrogens is 332 g/mol. The number of aromatic nitrogens is 2. The van der Waals surface area contributed by atoms with E-state index in [0.717, 1.165) is 16.6 Å². The number of hydrogen-bond acceptors (Lipinski definition) is 6. The van der Waals surface area contributed by atoms with Crippen LogP contribution in [0.25, 0.3) is 11.0 Å². The molecule has 130 valence electrons. The van der Waals surface area contributed by atoms with Crippen molar-refractivity contribution in [3.63, 3.8) is 0 Å². The van der Waals surface area contributed by atoms with Gasteiger partial charge in [0.05, 0.1) is 17.4 Å². The maximum atomic E-state index is 11.9. The molecule has 0 unspecified atom stereocenters. The van der Waals surface area contributed by atoms with Gasteiger partial charge in [0.15, 0.2) is 0 Å². The molecule has 4 aromatic rings. The normalized spacial score (nSPS) is 11.1. The fourth-order valence-corrected chi connectivity index (χ4v) is 2.89. The van der Waals surface area contributed by atoms with Crippen molar-refractivity contribution in [1.29, 1.82) is 0 Å². The number of anilines is 3. The number of fused-ring (bicyclic) bond motifs is 1. The first kappa shape index (κ1) is 15.9. The van der Waals surface area contributed by atoms with Gasteiger partial charge in [-0.25, -0.2) is 4.98 Å². The fourth-order valence-electron chi connectivity index (χ4n) is 2.89. The molecule has 0 aliphatic carbocycles. The van der Waals surface area contributed by atoms with Gasteiger partial charge >= 0.3 is 0 Å². The minimum absolute atomic E-state index is 0.149. The first-order valence-electron chi connectivity index (χ1n) is 8.06. The van der Waals surface area contributed by atoms with Crippen molar-refractivity contribution < 1.29 is 5.11 Å². The van der Waals surface area contributed by atoms with Crippen molar-refractivity contribution >= 4 is 28.1 Å². The van der Waals surface area contributed by atoms with Gasteiger partial charge in [0, 0.05) is 19.3 Å². The Bertz CT molecular complexity index is 1190. The van der Waals surface area contributed by atoms with Gasteiger partial charge in [0.25, 0.3) is 10.9 Å². The summed E-state index contributed by atoms with van der Waals surface area (Å²) in [6, 6.07) is 12.3. The van der Waals surface area contributed by atoms with Crippen LogP contribution in [0.3, 0.4) is 0 Å². The third-order valence-electron chi connectivity index (χ3n) is 4.28. The molecule has 3 aromatic carbocycles. The van der Waals surface area contributed by atoms with Crippen molar-refractivity contribution in [1.82, 2.24) is 9.55 Å². The molecule has 7 heteroatoms. The van der Waals surface area contributed by atoms with Crippen LogP contribution >= 0.6 is 0 Å². The number of hydrogen-bond donors (Lipinski definition) is 3. The van der Waals surface area contributed by atoms with E-state index in [4.69, 9.17) is 0 Å². The van der Waals surface area contributed by atoms with Crippen LogP contribution in [0.15, 0.2) is 58.4 Å². The van der Waals surface area contributed by atoms with E-state index < -0.39 is 10.9 Å². The summed E-state index contributed by atoms with van der Waals surface area (Å²) in [6.45, 7) is 0.327. The quantitative estimate of drug-likeness (QED) is 0.479. The smallest absolute Gasteiger partial charge is 0.253 e. The van der Waals surface area contributed by atoms with Crippen molar-refractivity contribution in [3.05, 3.63) is 74.8 Å². The van der Waals surface area contributed by atoms with Gasteiger partial charge in [-0.15, -0.1) is 0 Å². The predicted octanol–water partition coefficient (Wildman–Crippen LogP) is 2.23. The Morgan fingerprint density at radius 1 is 1.08 bits per heavy atom. The number of phenols is 1. The van der Waals surface area contributed by atoms with Gasteiger partial charge in [-0.05, 0) is 35.9 Å². The summed E-state index contributed by atoms with van der Waals surface area (Å²) in [5, 5.41) is 15.5. The van der Waals surface area contributed by atoms with Gasteiger partial charge < -0.3 is 20.3 Å². The van der Waals surface area contributed by atoms with Crippen LogP contribution in [0.4, 0.5) is 17.1 Å². The summed E-state index contributed by atoms with van der Waals surface area (Å²) in [7, 11) is 1.91. The van der Waals surface area contributed by atoms with Crippen molar-refractivity contribution in [2.45, 2.75) is 6.54 Å². The molecule has 0 amide bonds. The van der Waals surface area contributed by atoms with Crippen LogP contribution in [-0.4, -0.2) is 14.7 Å². The van der Waals surface area contributed by atoms with Crippen molar-refractivity contribution in [2.75, 3.05) is 10.6 Å². The highest BCUT2D eigenvalue weighted by molar-refractivity contribution is 5.84. The minimum Gasteiger partial charge on any atom is -0.508 e. The lowest BCUT2D eigenvalue weighted by Crippen LogP contribution is -2.36. The Labute approximate surface area is 148 Å². The summed E-state index contributed by atoms with van der Waals surface area (Å²) in [4.78, 5) is 28.1. The molecule has 3 N–H and O–H groups in total. The van der Waals surface area contributed by atoms with E-state index in [2.05, 4.69) is 15.6 Å². The van der Waals surface area contributed by atoms with Crippen LogP contribution in [0, 0.1) is 0 Å². The molecule has 1 aromatic heterocycles. The molecule has 0 radical (unpaired) electrons. The van der Waals surface area contributed by atoms with Gasteiger partial charge in [-0.3, -0.25) is 9.59 Å². The highest BCUT2D eigenvalue weighted by Crippen LogP contribution is 2.24. The van der Waals surface area contributed by atoms with Crippen LogP contribution in [0.2, 0.25) is 0 Å². The molecule has 0 saturated heterocycles. The molecule has 7 nitrogen and oxygen atoms in total. The lowest BCUT2D eigenvalue weighted by atomic mass is 10.1. The first-order valence-corrected chi connectivity index (χ1v) is 8.06. The van der Waals surface area contributed by atoms with Gasteiger partial charge in [0.2, 0.25) is 0 Å². The Morgan fingerprint density at radius 2 is 1.88 bits per heavy atom. The lowest BCUT2D eigenvalue weighted by molar-refractivity contribution is 0.474. The maximum absolute atomic E-state index is 11.9. The number of imidazole rings is 1. The molecule has 0 spiro atoms. The van der Waals surface area contributed by atoms with E-state index >= 15 is 0 Å². The molecule has 0 fully saturated rings. The Kier molecular flexibility index (Phi) is 3.69. The number of rotatable bonds is 5. The number of aromatic hydroxyl groups is 1. The van der Waals surface area contributed by atoms with E-state index in [1.807, 2.05) is 35.9 Å². The summed E-state index contributed by atoms with van der Waals surface area (Å²) >= 11 is 0. The van der Waals surface area contributed by atoms with E-state index in [1.165, 1.54) is 0 Å². The summed E-state index contributed by atoms with van der Waals surface area (Å²) < 4.78 is 1.90. The van der Waals surface area contributed by atoms with Gasteiger partial charge in [-0.1, -0.05) is 12.1 Å². The van der Waals surface area contributed by atoms with Gasteiger partial charge in [0.1, 0.15) is 17.1 Å². The minimum atomic E-state index is -0.551. The second-order valence-electron chi connectivity index (χ2n) is 6.12. The number of benzene rings is 2. The molecule has 26 heavy (non-hydrogen) atoms.